The molecule has 2 aromatic rings. The lowest BCUT2D eigenvalue weighted by Gasteiger charge is -2.43. The van der Waals surface area contributed by atoms with Crippen molar-refractivity contribution in [1.29, 1.82) is 0 Å². The maximum absolute atomic E-state index is 13.2. The molecule has 144 valence electrons. The van der Waals surface area contributed by atoms with Crippen LogP contribution in [0.2, 0.25) is 0 Å². The second-order valence-corrected chi connectivity index (χ2v) is 7.09. The maximum Gasteiger partial charge on any atom is 0.314 e. The number of rotatable bonds is 4. The summed E-state index contributed by atoms with van der Waals surface area (Å²) >= 11 is 0. The van der Waals surface area contributed by atoms with E-state index in [4.69, 9.17) is 0 Å². The number of aryl methyl sites for hydroxylation is 2. The molecule has 8 heteroatoms. The standard InChI is InChI=1S/C19H22FN3O4/c1-11-16(22-12(2)21-11)17(25)23-8-7-15(24)19(10-23,18(26)27)9-13-3-5-14(20)6-4-13/h3-6,15,24H,7-10H2,1-2H3,(H,21,22)(H,26,27)/t15-,19-/m1/s1. The molecule has 0 aliphatic carbocycles. The second kappa shape index (κ2) is 7.11. The van der Waals surface area contributed by atoms with Crippen LogP contribution >= 0.6 is 0 Å². The van der Waals surface area contributed by atoms with Crippen LogP contribution in [0, 0.1) is 25.1 Å². The Hall–Kier alpha value is -2.74. The van der Waals surface area contributed by atoms with Crippen molar-refractivity contribution in [3.63, 3.8) is 0 Å². The van der Waals surface area contributed by atoms with E-state index in [1.807, 2.05) is 0 Å². The molecular formula is C19H22FN3O4. The Kier molecular flexibility index (Phi) is 5.01. The van der Waals surface area contributed by atoms with Crippen LogP contribution in [0.5, 0.6) is 0 Å². The summed E-state index contributed by atoms with van der Waals surface area (Å²) in [5.74, 6) is -1.38. The van der Waals surface area contributed by atoms with Gasteiger partial charge in [-0.05, 0) is 44.4 Å². The molecule has 1 amide bonds. The van der Waals surface area contributed by atoms with Gasteiger partial charge >= 0.3 is 5.97 Å². The number of piperidine rings is 1. The number of benzene rings is 1. The van der Waals surface area contributed by atoms with Gasteiger partial charge in [0.1, 0.15) is 22.8 Å². The van der Waals surface area contributed by atoms with Crippen LogP contribution in [-0.2, 0) is 11.2 Å². The van der Waals surface area contributed by atoms with E-state index in [9.17, 15) is 24.2 Å². The molecule has 27 heavy (non-hydrogen) atoms. The average molecular weight is 375 g/mol. The van der Waals surface area contributed by atoms with E-state index < -0.39 is 23.3 Å². The van der Waals surface area contributed by atoms with E-state index in [0.717, 1.165) is 0 Å². The molecule has 0 saturated carbocycles. The summed E-state index contributed by atoms with van der Waals surface area (Å²) in [6, 6.07) is 5.49. The number of carboxylic acids is 1. The van der Waals surface area contributed by atoms with Crippen molar-refractivity contribution in [2.24, 2.45) is 5.41 Å². The molecule has 0 radical (unpaired) electrons. The molecule has 0 spiro atoms. The van der Waals surface area contributed by atoms with Gasteiger partial charge < -0.3 is 20.1 Å². The number of aromatic amines is 1. The lowest BCUT2D eigenvalue weighted by atomic mass is 9.72. The largest absolute Gasteiger partial charge is 0.481 e. The molecule has 0 bridgehead atoms. The summed E-state index contributed by atoms with van der Waals surface area (Å²) in [5, 5.41) is 20.4. The first-order valence-electron chi connectivity index (χ1n) is 8.71. The number of nitrogens with zero attached hydrogens (tertiary/aromatic N) is 2. The van der Waals surface area contributed by atoms with Gasteiger partial charge in [-0.1, -0.05) is 12.1 Å². The fraction of sp³-hybridized carbons (Fsp3) is 0.421. The first-order valence-corrected chi connectivity index (χ1v) is 8.71. The summed E-state index contributed by atoms with van der Waals surface area (Å²) in [7, 11) is 0. The zero-order valence-corrected chi connectivity index (χ0v) is 15.2. The van der Waals surface area contributed by atoms with E-state index in [1.54, 1.807) is 13.8 Å². The minimum absolute atomic E-state index is 0.00780. The highest BCUT2D eigenvalue weighted by atomic mass is 19.1. The minimum atomic E-state index is -1.56. The molecule has 3 rings (SSSR count). The third kappa shape index (κ3) is 3.57. The van der Waals surface area contributed by atoms with E-state index in [0.29, 0.717) is 17.1 Å². The summed E-state index contributed by atoms with van der Waals surface area (Å²) in [6.45, 7) is 3.56. The Morgan fingerprint density at radius 3 is 2.56 bits per heavy atom. The number of halogens is 1. The minimum Gasteiger partial charge on any atom is -0.481 e. The predicted octanol–water partition coefficient (Wildman–Crippen LogP) is 1.69. The van der Waals surface area contributed by atoms with Gasteiger partial charge in [-0.2, -0.15) is 0 Å². The second-order valence-electron chi connectivity index (χ2n) is 7.09. The highest BCUT2D eigenvalue weighted by Gasteiger charge is 2.50. The fourth-order valence-electron chi connectivity index (χ4n) is 3.65. The number of H-pyrrole nitrogens is 1. The quantitative estimate of drug-likeness (QED) is 0.754. The molecule has 2 heterocycles. The average Bonchev–Trinajstić information content (AvgIpc) is 2.96. The Morgan fingerprint density at radius 1 is 1.33 bits per heavy atom. The van der Waals surface area contributed by atoms with Crippen molar-refractivity contribution < 1.29 is 24.2 Å². The van der Waals surface area contributed by atoms with E-state index in [1.165, 1.54) is 29.2 Å². The zero-order chi connectivity index (χ0) is 19.8. The molecule has 1 fully saturated rings. The van der Waals surface area contributed by atoms with Crippen molar-refractivity contribution in [2.45, 2.75) is 32.8 Å². The van der Waals surface area contributed by atoms with Gasteiger partial charge in [-0.3, -0.25) is 9.59 Å². The van der Waals surface area contributed by atoms with Crippen LogP contribution in [0.3, 0.4) is 0 Å². The number of aliphatic hydroxyl groups is 1. The molecule has 3 N–H and O–H groups in total. The smallest absolute Gasteiger partial charge is 0.314 e. The number of aliphatic carboxylic acids is 1. The van der Waals surface area contributed by atoms with Crippen LogP contribution < -0.4 is 0 Å². The lowest BCUT2D eigenvalue weighted by Crippen LogP contribution is -2.58. The highest BCUT2D eigenvalue weighted by molar-refractivity contribution is 5.94. The number of nitrogens with one attached hydrogen (secondary N) is 1. The monoisotopic (exact) mass is 375 g/mol. The Bertz CT molecular complexity index is 864. The SMILES string of the molecule is Cc1nc(C(=O)N2CC[C@@H](O)[C@](Cc3ccc(F)cc3)(C(=O)O)C2)c(C)[nH]1. The third-order valence-corrected chi connectivity index (χ3v) is 5.13. The van der Waals surface area contributed by atoms with Crippen LogP contribution in [0.25, 0.3) is 0 Å². The Labute approximate surface area is 155 Å². The van der Waals surface area contributed by atoms with Crippen molar-refractivity contribution in [1.82, 2.24) is 14.9 Å². The molecule has 7 nitrogen and oxygen atoms in total. The van der Waals surface area contributed by atoms with Gasteiger partial charge in [0.25, 0.3) is 5.91 Å². The van der Waals surface area contributed by atoms with Crippen LogP contribution in [-0.4, -0.2) is 56.2 Å². The summed E-state index contributed by atoms with van der Waals surface area (Å²) in [5.41, 5.74) is -0.114. The number of imidazole rings is 1. The molecule has 1 aliphatic heterocycles. The molecule has 2 atom stereocenters. The number of hydrogen-bond acceptors (Lipinski definition) is 4. The van der Waals surface area contributed by atoms with Gasteiger partial charge in [0, 0.05) is 18.8 Å². The van der Waals surface area contributed by atoms with Crippen LogP contribution in [0.4, 0.5) is 4.39 Å². The molecule has 1 aliphatic rings. The molecule has 0 unspecified atom stereocenters. The Balaban J connectivity index is 1.90. The van der Waals surface area contributed by atoms with Gasteiger partial charge in [0.05, 0.1) is 6.10 Å². The number of carbonyl (C=O) groups excluding carboxylic acids is 1. The summed E-state index contributed by atoms with van der Waals surface area (Å²) < 4.78 is 13.2. The van der Waals surface area contributed by atoms with E-state index in [-0.39, 0.29) is 37.5 Å². The van der Waals surface area contributed by atoms with Crippen molar-refractivity contribution in [2.75, 3.05) is 13.1 Å². The summed E-state index contributed by atoms with van der Waals surface area (Å²) in [4.78, 5) is 33.6. The molecule has 1 saturated heterocycles. The fourth-order valence-corrected chi connectivity index (χ4v) is 3.65. The molecule has 1 aromatic heterocycles. The Morgan fingerprint density at radius 2 is 2.00 bits per heavy atom. The number of aromatic nitrogens is 2. The highest BCUT2D eigenvalue weighted by Crippen LogP contribution is 2.35. The van der Waals surface area contributed by atoms with Gasteiger partial charge in [0.2, 0.25) is 0 Å². The third-order valence-electron chi connectivity index (χ3n) is 5.13. The number of carboxylic acid groups (broad SMARTS) is 1. The lowest BCUT2D eigenvalue weighted by molar-refractivity contribution is -0.161. The predicted molar refractivity (Wildman–Crippen MR) is 94.8 cm³/mol. The number of amides is 1. The normalized spacial score (nSPS) is 22.7. The number of likely N-dealkylation sites (tertiary alicyclic amines) is 1. The van der Waals surface area contributed by atoms with Gasteiger partial charge in [-0.15, -0.1) is 0 Å². The molecule has 1 aromatic carbocycles. The van der Waals surface area contributed by atoms with E-state index >= 15 is 0 Å². The van der Waals surface area contributed by atoms with Crippen molar-refractivity contribution in [3.05, 3.63) is 52.9 Å². The maximum atomic E-state index is 13.2. The zero-order valence-electron chi connectivity index (χ0n) is 15.2. The van der Waals surface area contributed by atoms with Crippen molar-refractivity contribution >= 4 is 11.9 Å². The first kappa shape index (κ1) is 19.0. The topological polar surface area (TPSA) is 107 Å². The van der Waals surface area contributed by atoms with Gasteiger partial charge in [-0.25, -0.2) is 9.37 Å². The van der Waals surface area contributed by atoms with Crippen LogP contribution in [0.15, 0.2) is 24.3 Å². The number of carbonyl (C=O) groups is 2. The number of hydrogen-bond donors (Lipinski definition) is 3. The van der Waals surface area contributed by atoms with Crippen molar-refractivity contribution in [3.8, 4) is 0 Å². The van der Waals surface area contributed by atoms with E-state index in [2.05, 4.69) is 9.97 Å². The molecular weight excluding hydrogens is 353 g/mol. The number of aliphatic hydroxyl groups excluding tert-OH is 1. The first-order chi connectivity index (χ1) is 12.7. The van der Waals surface area contributed by atoms with Gasteiger partial charge in [0.15, 0.2) is 0 Å². The summed E-state index contributed by atoms with van der Waals surface area (Å²) in [6.07, 6.45) is -0.987. The van der Waals surface area contributed by atoms with Crippen LogP contribution in [0.1, 0.15) is 34.0 Å².